The average molecular weight is 305 g/mol. The van der Waals surface area contributed by atoms with Crippen LogP contribution in [0.15, 0.2) is 58.6 Å². The second-order valence-corrected chi connectivity index (χ2v) is 7.56. The summed E-state index contributed by atoms with van der Waals surface area (Å²) < 4.78 is 23.7. The molecule has 2 heterocycles. The third-order valence-electron chi connectivity index (χ3n) is 3.42. The lowest BCUT2D eigenvalue weighted by Gasteiger charge is -2.31. The number of benzene rings is 1. The van der Waals surface area contributed by atoms with Crippen LogP contribution in [0.25, 0.3) is 5.57 Å². The number of allylic oxidation sites excluding steroid dienone is 3. The van der Waals surface area contributed by atoms with E-state index in [1.54, 1.807) is 11.8 Å². The maximum absolute atomic E-state index is 11.8. The summed E-state index contributed by atoms with van der Waals surface area (Å²) in [6.45, 7) is 0.519. The van der Waals surface area contributed by atoms with Crippen molar-refractivity contribution in [3.63, 3.8) is 0 Å². The molecule has 0 saturated carbocycles. The van der Waals surface area contributed by atoms with Gasteiger partial charge in [0.1, 0.15) is 0 Å². The summed E-state index contributed by atoms with van der Waals surface area (Å²) in [5.41, 5.74) is 2.78. The van der Waals surface area contributed by atoms with E-state index in [1.165, 1.54) is 10.3 Å². The number of nitrogens with zero attached hydrogens (tertiary/aromatic N) is 1. The summed E-state index contributed by atoms with van der Waals surface area (Å²) in [5.74, 6) is 0.180. The lowest BCUT2D eigenvalue weighted by atomic mass is 10.0. The Morgan fingerprint density at radius 3 is 2.65 bits per heavy atom. The summed E-state index contributed by atoms with van der Waals surface area (Å²) in [5, 5.41) is 1.40. The van der Waals surface area contributed by atoms with E-state index < -0.39 is 9.84 Å². The first-order valence-corrected chi connectivity index (χ1v) is 9.27. The van der Waals surface area contributed by atoms with Gasteiger partial charge in [0.25, 0.3) is 0 Å². The first kappa shape index (κ1) is 13.5. The third kappa shape index (κ3) is 2.55. The SMILES string of the molecule is CSc1ccc(C2=CC=CN3CCS(=O)(=O)C=C23)cc1. The van der Waals surface area contributed by atoms with Crippen molar-refractivity contribution in [2.75, 3.05) is 18.6 Å². The Morgan fingerprint density at radius 2 is 1.95 bits per heavy atom. The van der Waals surface area contributed by atoms with Crippen LogP contribution in [-0.2, 0) is 9.84 Å². The Balaban J connectivity index is 2.05. The van der Waals surface area contributed by atoms with Gasteiger partial charge in [0.2, 0.25) is 0 Å². The van der Waals surface area contributed by atoms with Crippen molar-refractivity contribution in [2.45, 2.75) is 4.90 Å². The highest BCUT2D eigenvalue weighted by Crippen LogP contribution is 2.33. The molecule has 0 bridgehead atoms. The van der Waals surface area contributed by atoms with Gasteiger partial charge < -0.3 is 4.90 Å². The second-order valence-electron chi connectivity index (χ2n) is 4.71. The fourth-order valence-corrected chi connectivity index (χ4v) is 3.94. The molecule has 1 aromatic carbocycles. The number of rotatable bonds is 2. The van der Waals surface area contributed by atoms with Gasteiger partial charge in [-0.2, -0.15) is 0 Å². The van der Waals surface area contributed by atoms with E-state index in [0.717, 1.165) is 16.8 Å². The van der Waals surface area contributed by atoms with Crippen molar-refractivity contribution in [3.05, 3.63) is 59.3 Å². The van der Waals surface area contributed by atoms with Gasteiger partial charge in [0.15, 0.2) is 9.84 Å². The van der Waals surface area contributed by atoms with Crippen LogP contribution in [0, 0.1) is 0 Å². The van der Waals surface area contributed by atoms with E-state index in [1.807, 2.05) is 41.6 Å². The van der Waals surface area contributed by atoms with Crippen molar-refractivity contribution in [2.24, 2.45) is 0 Å². The van der Waals surface area contributed by atoms with Crippen LogP contribution in [-0.4, -0.2) is 31.9 Å². The molecule has 0 saturated heterocycles. The largest absolute Gasteiger partial charge is 0.346 e. The Kier molecular flexibility index (Phi) is 3.48. The van der Waals surface area contributed by atoms with Crippen molar-refractivity contribution in [3.8, 4) is 0 Å². The van der Waals surface area contributed by atoms with Crippen molar-refractivity contribution in [1.82, 2.24) is 4.90 Å². The molecular weight excluding hydrogens is 290 g/mol. The van der Waals surface area contributed by atoms with Gasteiger partial charge in [-0.3, -0.25) is 0 Å². The molecular formula is C15H15NO2S2. The van der Waals surface area contributed by atoms with Gasteiger partial charge in [-0.25, -0.2) is 8.42 Å². The molecule has 1 aromatic rings. The van der Waals surface area contributed by atoms with Gasteiger partial charge in [-0.15, -0.1) is 11.8 Å². The number of hydrogen-bond donors (Lipinski definition) is 0. The molecule has 3 nitrogen and oxygen atoms in total. The summed E-state index contributed by atoms with van der Waals surface area (Å²) in [7, 11) is -3.09. The lowest BCUT2D eigenvalue weighted by Crippen LogP contribution is -2.30. The molecule has 104 valence electrons. The van der Waals surface area contributed by atoms with E-state index >= 15 is 0 Å². The molecule has 0 radical (unpaired) electrons. The van der Waals surface area contributed by atoms with Crippen LogP contribution in [0.2, 0.25) is 0 Å². The van der Waals surface area contributed by atoms with Gasteiger partial charge in [0, 0.05) is 23.2 Å². The summed E-state index contributed by atoms with van der Waals surface area (Å²) in [6.07, 6.45) is 7.90. The predicted molar refractivity (Wildman–Crippen MR) is 83.9 cm³/mol. The van der Waals surface area contributed by atoms with Crippen LogP contribution in [0.1, 0.15) is 5.56 Å². The van der Waals surface area contributed by atoms with Gasteiger partial charge in [-0.1, -0.05) is 18.2 Å². The first-order valence-electron chi connectivity index (χ1n) is 6.33. The van der Waals surface area contributed by atoms with E-state index in [0.29, 0.717) is 6.54 Å². The van der Waals surface area contributed by atoms with Crippen molar-refractivity contribution >= 4 is 27.2 Å². The van der Waals surface area contributed by atoms with Gasteiger partial charge >= 0.3 is 0 Å². The topological polar surface area (TPSA) is 37.4 Å². The first-order chi connectivity index (χ1) is 9.59. The van der Waals surface area contributed by atoms with Crippen LogP contribution in [0.3, 0.4) is 0 Å². The molecule has 5 heteroatoms. The number of thioether (sulfide) groups is 1. The van der Waals surface area contributed by atoms with E-state index in [2.05, 4.69) is 12.1 Å². The Bertz CT molecular complexity index is 713. The lowest BCUT2D eigenvalue weighted by molar-refractivity contribution is 0.493. The fraction of sp³-hybridized carbons (Fsp3) is 0.200. The molecule has 3 rings (SSSR count). The maximum atomic E-state index is 11.8. The zero-order valence-electron chi connectivity index (χ0n) is 11.1. The average Bonchev–Trinajstić information content (AvgIpc) is 2.46. The zero-order chi connectivity index (χ0) is 14.2. The molecule has 0 N–H and O–H groups in total. The molecule has 0 fully saturated rings. The molecule has 0 unspecified atom stereocenters. The van der Waals surface area contributed by atoms with Crippen molar-refractivity contribution < 1.29 is 8.42 Å². The zero-order valence-corrected chi connectivity index (χ0v) is 12.7. The molecule has 20 heavy (non-hydrogen) atoms. The number of sulfone groups is 1. The number of hydrogen-bond acceptors (Lipinski definition) is 4. The molecule has 2 aliphatic heterocycles. The minimum absolute atomic E-state index is 0.180. The van der Waals surface area contributed by atoms with Crippen molar-refractivity contribution in [1.29, 1.82) is 0 Å². The minimum Gasteiger partial charge on any atom is -0.346 e. The molecule has 2 aliphatic rings. The second kappa shape index (κ2) is 5.14. The minimum atomic E-state index is -3.09. The number of fused-ring (bicyclic) bond motifs is 1. The standard InChI is InChI=1S/C15H15NO2S2/c1-19-13-6-4-12(5-7-13)14-3-2-8-16-9-10-20(17,18)11-15(14)16/h2-8,11H,9-10H2,1H3. The molecule has 0 spiro atoms. The summed E-state index contributed by atoms with van der Waals surface area (Å²) in [6, 6.07) is 8.19. The summed E-state index contributed by atoms with van der Waals surface area (Å²) in [4.78, 5) is 3.20. The highest BCUT2D eigenvalue weighted by Gasteiger charge is 2.25. The van der Waals surface area contributed by atoms with Crippen LogP contribution >= 0.6 is 11.8 Å². The monoisotopic (exact) mass is 305 g/mol. The van der Waals surface area contributed by atoms with Crippen LogP contribution in [0.5, 0.6) is 0 Å². The highest BCUT2D eigenvalue weighted by molar-refractivity contribution is 7.98. The highest BCUT2D eigenvalue weighted by atomic mass is 32.2. The Morgan fingerprint density at radius 1 is 1.20 bits per heavy atom. The summed E-state index contributed by atoms with van der Waals surface area (Å²) >= 11 is 1.69. The Hall–Kier alpha value is -1.46. The van der Waals surface area contributed by atoms with E-state index in [4.69, 9.17) is 0 Å². The maximum Gasteiger partial charge on any atom is 0.175 e. The normalized spacial score (nSPS) is 20.1. The molecule has 0 aliphatic carbocycles. The Labute approximate surface area is 123 Å². The molecule has 0 amide bonds. The van der Waals surface area contributed by atoms with Gasteiger partial charge in [0.05, 0.1) is 16.9 Å². The molecule has 0 atom stereocenters. The van der Waals surface area contributed by atoms with Gasteiger partial charge in [-0.05, 0) is 30.0 Å². The van der Waals surface area contributed by atoms with E-state index in [9.17, 15) is 8.42 Å². The fourth-order valence-electron chi connectivity index (χ4n) is 2.36. The quantitative estimate of drug-likeness (QED) is 0.787. The molecule has 0 aromatic heterocycles. The third-order valence-corrected chi connectivity index (χ3v) is 5.50. The van der Waals surface area contributed by atoms with Crippen LogP contribution < -0.4 is 0 Å². The smallest absolute Gasteiger partial charge is 0.175 e. The predicted octanol–water partition coefficient (Wildman–Crippen LogP) is 2.89. The van der Waals surface area contributed by atoms with Crippen LogP contribution in [0.4, 0.5) is 0 Å². The van der Waals surface area contributed by atoms with E-state index in [-0.39, 0.29) is 5.75 Å².